The fourth-order valence-corrected chi connectivity index (χ4v) is 9.36. The van der Waals surface area contributed by atoms with Crippen molar-refractivity contribution < 1.29 is 0 Å². The summed E-state index contributed by atoms with van der Waals surface area (Å²) in [6, 6.07) is 62.4. The maximum absolute atomic E-state index is 2.45. The lowest BCUT2D eigenvalue weighted by Crippen LogP contribution is -1.96. The largest absolute Gasteiger partial charge is 0.309 e. The highest BCUT2D eigenvalue weighted by Gasteiger charge is 2.24. The zero-order chi connectivity index (χ0) is 32.1. The zero-order valence-corrected chi connectivity index (χ0v) is 27.3. The van der Waals surface area contributed by atoms with Crippen molar-refractivity contribution in [1.29, 1.82) is 0 Å². The third kappa shape index (κ3) is 3.85. The molecule has 3 heteroatoms. The van der Waals surface area contributed by atoms with Crippen LogP contribution in [0.25, 0.3) is 88.0 Å². The molecule has 0 spiro atoms. The number of rotatable bonds is 3. The molecule has 0 bridgehead atoms. The Morgan fingerprint density at radius 1 is 0.327 bits per heavy atom. The van der Waals surface area contributed by atoms with Gasteiger partial charge in [-0.3, -0.25) is 0 Å². The van der Waals surface area contributed by atoms with Crippen molar-refractivity contribution in [2.75, 3.05) is 0 Å². The fourth-order valence-electron chi connectivity index (χ4n) is 8.20. The van der Waals surface area contributed by atoms with Crippen molar-refractivity contribution in [1.82, 2.24) is 9.13 Å². The molecule has 8 aromatic carbocycles. The molecular weight excluding hydrogens is 613 g/mol. The Hall–Kier alpha value is -6.03. The predicted octanol–water partition coefficient (Wildman–Crippen LogP) is 12.8. The van der Waals surface area contributed by atoms with Gasteiger partial charge < -0.3 is 9.13 Å². The van der Waals surface area contributed by atoms with Gasteiger partial charge in [-0.05, 0) is 94.4 Å². The fraction of sp³-hybridized carbons (Fsp3) is 0. The molecule has 0 amide bonds. The van der Waals surface area contributed by atoms with Crippen LogP contribution in [0.4, 0.5) is 0 Å². The standard InChI is InChI=1S/C46H28N2S/c1-3-12-31(13-4-1)47-39-20-9-7-16-33(39)37-26-29(22-24-40(37)47)30-23-25-41-38(27-30)45-36-19-11-18-35-34-17-8-10-21-43(34)49-44(46(35)36)28-42(45)48(41)32-14-5-2-6-15-32/h1-28H. The molecule has 1 aliphatic heterocycles. The van der Waals surface area contributed by atoms with E-state index >= 15 is 0 Å². The van der Waals surface area contributed by atoms with Gasteiger partial charge in [0, 0.05) is 48.1 Å². The van der Waals surface area contributed by atoms with E-state index in [1.54, 1.807) is 0 Å². The lowest BCUT2D eigenvalue weighted by atomic mass is 9.94. The summed E-state index contributed by atoms with van der Waals surface area (Å²) in [6.07, 6.45) is 0. The van der Waals surface area contributed by atoms with Gasteiger partial charge in [-0.2, -0.15) is 0 Å². The van der Waals surface area contributed by atoms with E-state index in [1.807, 2.05) is 11.8 Å². The number of aromatic nitrogens is 2. The maximum Gasteiger partial charge on any atom is 0.0558 e. The Labute approximate surface area is 287 Å². The van der Waals surface area contributed by atoms with E-state index in [0.717, 1.165) is 0 Å². The second kappa shape index (κ2) is 10.2. The molecule has 3 heterocycles. The Balaban J connectivity index is 1.20. The molecule has 2 nitrogen and oxygen atoms in total. The van der Waals surface area contributed by atoms with Gasteiger partial charge in [-0.1, -0.05) is 115 Å². The topological polar surface area (TPSA) is 9.86 Å². The van der Waals surface area contributed by atoms with Crippen LogP contribution in [-0.4, -0.2) is 9.13 Å². The summed E-state index contributed by atoms with van der Waals surface area (Å²) in [6.45, 7) is 0. The van der Waals surface area contributed by atoms with Crippen molar-refractivity contribution in [3.05, 3.63) is 170 Å². The average molecular weight is 641 g/mol. The molecule has 0 N–H and O–H groups in total. The number of nitrogens with zero attached hydrogens (tertiary/aromatic N) is 2. The monoisotopic (exact) mass is 640 g/mol. The highest BCUT2D eigenvalue weighted by Crippen LogP contribution is 2.51. The number of para-hydroxylation sites is 3. The quantitative estimate of drug-likeness (QED) is 0.187. The van der Waals surface area contributed by atoms with E-state index in [1.165, 1.54) is 97.8 Å². The van der Waals surface area contributed by atoms with E-state index in [9.17, 15) is 0 Å². The molecule has 0 saturated carbocycles. The third-order valence-corrected chi connectivity index (χ3v) is 11.4. The molecular formula is C46H28N2S. The third-order valence-electron chi connectivity index (χ3n) is 10.3. The molecule has 228 valence electrons. The molecule has 1 aliphatic rings. The lowest BCUT2D eigenvalue weighted by Gasteiger charge is -2.21. The molecule has 0 atom stereocenters. The van der Waals surface area contributed by atoms with Crippen LogP contribution in [0.3, 0.4) is 0 Å². The van der Waals surface area contributed by atoms with Crippen LogP contribution in [0.5, 0.6) is 0 Å². The van der Waals surface area contributed by atoms with Crippen LogP contribution in [0.15, 0.2) is 180 Å². The van der Waals surface area contributed by atoms with Crippen molar-refractivity contribution in [3.63, 3.8) is 0 Å². The summed E-state index contributed by atoms with van der Waals surface area (Å²) in [5.41, 5.74) is 12.3. The average Bonchev–Trinajstić information content (AvgIpc) is 3.67. The minimum absolute atomic E-state index is 1.18. The molecule has 0 radical (unpaired) electrons. The van der Waals surface area contributed by atoms with Crippen LogP contribution in [0.2, 0.25) is 0 Å². The first-order valence-electron chi connectivity index (χ1n) is 16.8. The zero-order valence-electron chi connectivity index (χ0n) is 26.5. The van der Waals surface area contributed by atoms with Gasteiger partial charge in [0.1, 0.15) is 0 Å². The Kier molecular flexibility index (Phi) is 5.63. The molecule has 11 rings (SSSR count). The molecule has 10 aromatic rings. The normalized spacial score (nSPS) is 12.4. The predicted molar refractivity (Wildman–Crippen MR) is 208 cm³/mol. The van der Waals surface area contributed by atoms with Crippen molar-refractivity contribution in [2.24, 2.45) is 0 Å². The molecule has 0 aliphatic carbocycles. The van der Waals surface area contributed by atoms with Crippen molar-refractivity contribution >= 4 is 66.1 Å². The van der Waals surface area contributed by atoms with Crippen LogP contribution in [-0.2, 0) is 0 Å². The smallest absolute Gasteiger partial charge is 0.0558 e. The molecule has 2 aromatic heterocycles. The van der Waals surface area contributed by atoms with E-state index < -0.39 is 0 Å². The maximum atomic E-state index is 2.45. The first-order valence-corrected chi connectivity index (χ1v) is 17.6. The summed E-state index contributed by atoms with van der Waals surface area (Å²) in [7, 11) is 0. The van der Waals surface area contributed by atoms with E-state index in [4.69, 9.17) is 0 Å². The van der Waals surface area contributed by atoms with Crippen molar-refractivity contribution in [2.45, 2.75) is 9.79 Å². The summed E-state index contributed by atoms with van der Waals surface area (Å²) in [5.74, 6) is 0. The number of benzene rings is 8. The summed E-state index contributed by atoms with van der Waals surface area (Å²) in [4.78, 5) is 2.63. The van der Waals surface area contributed by atoms with Gasteiger partial charge in [0.05, 0.1) is 22.1 Å². The lowest BCUT2D eigenvalue weighted by molar-refractivity contribution is 1.18. The molecule has 0 unspecified atom stereocenters. The second-order valence-corrected chi connectivity index (χ2v) is 14.0. The van der Waals surface area contributed by atoms with Gasteiger partial charge in [0.15, 0.2) is 0 Å². The van der Waals surface area contributed by atoms with Gasteiger partial charge in [0.25, 0.3) is 0 Å². The van der Waals surface area contributed by atoms with Crippen LogP contribution >= 0.6 is 11.8 Å². The highest BCUT2D eigenvalue weighted by atomic mass is 32.2. The summed E-state index contributed by atoms with van der Waals surface area (Å²) < 4.78 is 4.83. The number of fused-ring (bicyclic) bond motifs is 9. The summed E-state index contributed by atoms with van der Waals surface area (Å²) in [5, 5.41) is 7.78. The molecule has 0 saturated heterocycles. The first kappa shape index (κ1) is 27.0. The second-order valence-electron chi connectivity index (χ2n) is 12.9. The SMILES string of the molecule is c1ccc(-n2c3ccccc3c3cc(-c4ccc5c(c4)c4c6cccc7c6c(cc4n5-c4ccccc4)Sc4ccccc4-7)ccc32)cc1. The van der Waals surface area contributed by atoms with E-state index in [0.29, 0.717) is 0 Å². The van der Waals surface area contributed by atoms with Gasteiger partial charge in [-0.15, -0.1) is 0 Å². The van der Waals surface area contributed by atoms with E-state index in [-0.39, 0.29) is 0 Å². The Morgan fingerprint density at radius 2 is 0.898 bits per heavy atom. The summed E-state index contributed by atoms with van der Waals surface area (Å²) >= 11 is 1.89. The Bertz CT molecular complexity index is 2950. The van der Waals surface area contributed by atoms with Gasteiger partial charge in [-0.25, -0.2) is 0 Å². The van der Waals surface area contributed by atoms with Crippen LogP contribution in [0.1, 0.15) is 0 Å². The first-order chi connectivity index (χ1) is 24.3. The van der Waals surface area contributed by atoms with Gasteiger partial charge >= 0.3 is 0 Å². The van der Waals surface area contributed by atoms with E-state index in [2.05, 4.69) is 179 Å². The van der Waals surface area contributed by atoms with Gasteiger partial charge in [0.2, 0.25) is 0 Å². The minimum Gasteiger partial charge on any atom is -0.309 e. The van der Waals surface area contributed by atoms with Crippen LogP contribution in [0, 0.1) is 0 Å². The van der Waals surface area contributed by atoms with Crippen LogP contribution < -0.4 is 0 Å². The number of hydrogen-bond acceptors (Lipinski definition) is 1. The number of hydrogen-bond donors (Lipinski definition) is 0. The highest BCUT2D eigenvalue weighted by molar-refractivity contribution is 7.99. The minimum atomic E-state index is 1.18. The van der Waals surface area contributed by atoms with Crippen molar-refractivity contribution in [3.8, 4) is 33.6 Å². The molecule has 49 heavy (non-hydrogen) atoms. The molecule has 0 fully saturated rings. The Morgan fingerprint density at radius 3 is 1.67 bits per heavy atom.